The van der Waals surface area contributed by atoms with Gasteiger partial charge in [0.2, 0.25) is 0 Å². The Kier molecular flexibility index (Phi) is 4.33. The number of nitrogens with zero attached hydrogens (tertiary/aromatic N) is 1. The highest BCUT2D eigenvalue weighted by atomic mass is 35.5. The maximum absolute atomic E-state index is 12.4. The Morgan fingerprint density at radius 3 is 2.65 bits per heavy atom. The van der Waals surface area contributed by atoms with Gasteiger partial charge in [0, 0.05) is 24.3 Å². The zero-order valence-corrected chi connectivity index (χ0v) is 13.3. The van der Waals surface area contributed by atoms with E-state index in [9.17, 15) is 13.2 Å². The van der Waals surface area contributed by atoms with Crippen LogP contribution in [0.1, 0.15) is 11.3 Å². The van der Waals surface area contributed by atoms with Crippen molar-refractivity contribution >= 4 is 33.0 Å². The number of H-pyrrole nitrogens is 1. The first-order chi connectivity index (χ1) is 9.30. The van der Waals surface area contributed by atoms with Crippen molar-refractivity contribution in [2.45, 2.75) is 17.7 Å². The van der Waals surface area contributed by atoms with E-state index in [-0.39, 0.29) is 15.6 Å². The van der Waals surface area contributed by atoms with Crippen molar-refractivity contribution in [3.63, 3.8) is 0 Å². The molecule has 0 bridgehead atoms. The first kappa shape index (κ1) is 15.2. The number of sulfonamides is 1. The Labute approximate surface area is 125 Å². The van der Waals surface area contributed by atoms with Crippen molar-refractivity contribution in [2.75, 3.05) is 7.05 Å². The van der Waals surface area contributed by atoms with E-state index in [1.807, 2.05) is 0 Å². The van der Waals surface area contributed by atoms with Gasteiger partial charge in [-0.2, -0.15) is 4.31 Å². The molecule has 5 nitrogen and oxygen atoms in total. The Balaban J connectivity index is 2.30. The highest BCUT2D eigenvalue weighted by Crippen LogP contribution is 2.22. The average molecular weight is 333 g/mol. The Morgan fingerprint density at radius 2 is 2.10 bits per heavy atom. The largest absolute Gasteiger partial charge is 0.315 e. The second-order valence-corrected chi connectivity index (χ2v) is 7.98. The average Bonchev–Trinajstić information content (AvgIpc) is 2.69. The number of hydrogen-bond acceptors (Lipinski definition) is 4. The van der Waals surface area contributed by atoms with Gasteiger partial charge in [-0.15, -0.1) is 0 Å². The predicted molar refractivity (Wildman–Crippen MR) is 79.8 cm³/mol. The van der Waals surface area contributed by atoms with Crippen LogP contribution in [0.5, 0.6) is 0 Å². The molecule has 0 spiro atoms. The van der Waals surface area contributed by atoms with Crippen LogP contribution in [-0.2, 0) is 16.6 Å². The van der Waals surface area contributed by atoms with E-state index in [1.54, 1.807) is 31.2 Å². The molecule has 0 fully saturated rings. The molecule has 2 rings (SSSR count). The van der Waals surface area contributed by atoms with Crippen LogP contribution >= 0.6 is 22.9 Å². The van der Waals surface area contributed by atoms with E-state index < -0.39 is 10.0 Å². The smallest absolute Gasteiger partial charge is 0.305 e. The molecular formula is C12H13ClN2O3S2. The number of hydrogen-bond donors (Lipinski definition) is 1. The monoisotopic (exact) mass is 332 g/mol. The normalized spacial score (nSPS) is 12.0. The highest BCUT2D eigenvalue weighted by molar-refractivity contribution is 7.91. The number of aromatic amines is 1. The van der Waals surface area contributed by atoms with Crippen molar-refractivity contribution in [1.82, 2.24) is 9.29 Å². The lowest BCUT2D eigenvalue weighted by atomic mass is 10.2. The van der Waals surface area contributed by atoms with Gasteiger partial charge >= 0.3 is 4.87 Å². The molecule has 1 aromatic carbocycles. The second-order valence-electron chi connectivity index (χ2n) is 4.32. The number of halogens is 1. The molecule has 8 heteroatoms. The van der Waals surface area contributed by atoms with Gasteiger partial charge in [-0.05, 0) is 24.6 Å². The molecule has 0 saturated carbocycles. The summed E-state index contributed by atoms with van der Waals surface area (Å²) in [5.41, 5.74) is 1.14. The van der Waals surface area contributed by atoms with E-state index >= 15 is 0 Å². The lowest BCUT2D eigenvalue weighted by molar-refractivity contribution is 0.468. The number of aromatic nitrogens is 1. The summed E-state index contributed by atoms with van der Waals surface area (Å²) in [6.45, 7) is 1.76. The van der Waals surface area contributed by atoms with Crippen LogP contribution in [-0.4, -0.2) is 24.8 Å². The molecule has 0 aliphatic heterocycles. The van der Waals surface area contributed by atoms with E-state index in [2.05, 4.69) is 4.98 Å². The zero-order valence-electron chi connectivity index (χ0n) is 10.9. The van der Waals surface area contributed by atoms with E-state index in [0.717, 1.165) is 5.56 Å². The fraction of sp³-hybridized carbons (Fsp3) is 0.250. The molecular weight excluding hydrogens is 320 g/mol. The van der Waals surface area contributed by atoms with Crippen LogP contribution < -0.4 is 4.87 Å². The maximum Gasteiger partial charge on any atom is 0.305 e. The Morgan fingerprint density at radius 1 is 1.40 bits per heavy atom. The van der Waals surface area contributed by atoms with Crippen LogP contribution in [0.25, 0.3) is 0 Å². The Bertz CT molecular complexity index is 780. The third-order valence-corrected chi connectivity index (χ3v) is 6.34. The van der Waals surface area contributed by atoms with Crippen molar-refractivity contribution in [3.8, 4) is 0 Å². The fourth-order valence-electron chi connectivity index (χ4n) is 1.76. The summed E-state index contributed by atoms with van der Waals surface area (Å²) >= 11 is 6.57. The van der Waals surface area contributed by atoms with Crippen LogP contribution in [0.2, 0.25) is 5.02 Å². The summed E-state index contributed by atoms with van der Waals surface area (Å²) < 4.78 is 26.0. The number of benzene rings is 1. The lowest BCUT2D eigenvalue weighted by Gasteiger charge is -2.16. The maximum atomic E-state index is 12.4. The summed E-state index contributed by atoms with van der Waals surface area (Å²) in [6, 6.07) is 6.99. The quantitative estimate of drug-likeness (QED) is 0.933. The number of rotatable bonds is 4. The van der Waals surface area contributed by atoms with Crippen LogP contribution in [0.4, 0.5) is 0 Å². The van der Waals surface area contributed by atoms with Gasteiger partial charge in [-0.1, -0.05) is 35.1 Å². The minimum atomic E-state index is -3.68. The first-order valence-corrected chi connectivity index (χ1v) is 8.34. The van der Waals surface area contributed by atoms with Crippen LogP contribution in [0.3, 0.4) is 0 Å². The molecule has 1 N–H and O–H groups in total. The van der Waals surface area contributed by atoms with Gasteiger partial charge in [-0.25, -0.2) is 8.42 Å². The van der Waals surface area contributed by atoms with Gasteiger partial charge in [-0.3, -0.25) is 4.79 Å². The highest BCUT2D eigenvalue weighted by Gasteiger charge is 2.25. The van der Waals surface area contributed by atoms with Crippen LogP contribution in [0.15, 0.2) is 33.3 Å². The molecule has 0 radical (unpaired) electrons. The van der Waals surface area contributed by atoms with E-state index in [4.69, 9.17) is 11.6 Å². The zero-order chi connectivity index (χ0) is 14.9. The minimum Gasteiger partial charge on any atom is -0.315 e. The molecule has 0 atom stereocenters. The topological polar surface area (TPSA) is 70.2 Å². The van der Waals surface area contributed by atoms with Crippen LogP contribution in [0, 0.1) is 6.92 Å². The predicted octanol–water partition coefficient (Wildman–Crippen LogP) is 2.22. The minimum absolute atomic E-state index is 0.0482. The van der Waals surface area contributed by atoms with Crippen molar-refractivity contribution in [2.24, 2.45) is 0 Å². The van der Waals surface area contributed by atoms with Gasteiger partial charge in [0.05, 0.1) is 0 Å². The lowest BCUT2D eigenvalue weighted by Crippen LogP contribution is -2.26. The summed E-state index contributed by atoms with van der Waals surface area (Å²) in [6.07, 6.45) is 0. The van der Waals surface area contributed by atoms with Gasteiger partial charge in [0.25, 0.3) is 10.0 Å². The summed E-state index contributed by atoms with van der Waals surface area (Å²) in [4.78, 5) is 13.3. The summed E-state index contributed by atoms with van der Waals surface area (Å²) in [7, 11) is -2.21. The molecule has 0 saturated heterocycles. The standard InChI is InChI=1S/C12H13ClN2O3S2/c1-8-11(19-12(16)14-8)20(17,18)15(2)7-9-4-3-5-10(13)6-9/h3-6H,7H2,1-2H3,(H,14,16). The SMILES string of the molecule is Cc1[nH]c(=O)sc1S(=O)(=O)N(C)Cc1cccc(Cl)c1. The van der Waals surface area contributed by atoms with Crippen molar-refractivity contribution in [3.05, 3.63) is 50.2 Å². The molecule has 0 aliphatic rings. The molecule has 20 heavy (non-hydrogen) atoms. The molecule has 108 valence electrons. The second kappa shape index (κ2) is 5.69. The fourth-order valence-corrected chi connectivity index (χ4v) is 4.62. The van der Waals surface area contributed by atoms with Crippen molar-refractivity contribution in [1.29, 1.82) is 0 Å². The van der Waals surface area contributed by atoms with E-state index in [1.165, 1.54) is 11.4 Å². The molecule has 0 unspecified atom stereocenters. The first-order valence-electron chi connectivity index (χ1n) is 5.71. The number of thiazole rings is 1. The molecule has 1 heterocycles. The van der Waals surface area contributed by atoms with Crippen molar-refractivity contribution < 1.29 is 8.42 Å². The number of aryl methyl sites for hydroxylation is 1. The molecule has 1 aromatic heterocycles. The molecule has 2 aromatic rings. The number of nitrogens with one attached hydrogen (secondary N) is 1. The third-order valence-electron chi connectivity index (χ3n) is 2.72. The molecule has 0 amide bonds. The van der Waals surface area contributed by atoms with Gasteiger partial charge in [0.15, 0.2) is 4.21 Å². The Hall–Kier alpha value is -1.15. The summed E-state index contributed by atoms with van der Waals surface area (Å²) in [5.74, 6) is 0. The van der Waals surface area contributed by atoms with E-state index in [0.29, 0.717) is 22.1 Å². The summed E-state index contributed by atoms with van der Waals surface area (Å²) in [5, 5.41) is 0.552. The van der Waals surface area contributed by atoms with Gasteiger partial charge < -0.3 is 4.98 Å². The molecule has 0 aliphatic carbocycles. The van der Waals surface area contributed by atoms with Gasteiger partial charge in [0.1, 0.15) is 0 Å². The third kappa shape index (κ3) is 3.12.